The number of rotatable bonds is 7. The third-order valence-corrected chi connectivity index (χ3v) is 2.31. The van der Waals surface area contributed by atoms with E-state index in [2.05, 4.69) is 17.6 Å². The van der Waals surface area contributed by atoms with Crippen LogP contribution in [0.5, 0.6) is 0 Å². The lowest BCUT2D eigenvalue weighted by Crippen LogP contribution is -2.49. The summed E-state index contributed by atoms with van der Waals surface area (Å²) in [5, 5.41) is 5.34. The average molecular weight is 244 g/mol. The van der Waals surface area contributed by atoms with Crippen LogP contribution in [0.2, 0.25) is 0 Å². The molecule has 2 N–H and O–H groups in total. The fraction of sp³-hybridized carbons (Fsp3) is 0.833. The van der Waals surface area contributed by atoms with Gasteiger partial charge in [-0.15, -0.1) is 0 Å². The second-order valence-electron chi connectivity index (χ2n) is 4.23. The molecule has 100 valence electrons. The van der Waals surface area contributed by atoms with Crippen molar-refractivity contribution in [1.29, 1.82) is 0 Å². The Morgan fingerprint density at radius 1 is 1.24 bits per heavy atom. The van der Waals surface area contributed by atoms with E-state index in [-0.39, 0.29) is 17.9 Å². The number of urea groups is 1. The monoisotopic (exact) mass is 244 g/mol. The molecule has 0 bridgehead atoms. The Hall–Kier alpha value is -1.26. The van der Waals surface area contributed by atoms with E-state index >= 15 is 0 Å². The fourth-order valence-corrected chi connectivity index (χ4v) is 1.30. The van der Waals surface area contributed by atoms with Crippen LogP contribution in [0.4, 0.5) is 4.79 Å². The topological polar surface area (TPSA) is 67.4 Å². The first-order chi connectivity index (χ1) is 8.02. The minimum Gasteiger partial charge on any atom is -0.464 e. The quantitative estimate of drug-likeness (QED) is 0.529. The van der Waals surface area contributed by atoms with E-state index in [1.54, 1.807) is 6.92 Å². The van der Waals surface area contributed by atoms with Crippen LogP contribution in [0.25, 0.3) is 0 Å². The Morgan fingerprint density at radius 3 is 2.35 bits per heavy atom. The normalized spacial score (nSPS) is 12.1. The molecule has 0 aromatic rings. The number of carbonyl (C=O) groups is 2. The number of hydrogen-bond donors (Lipinski definition) is 2. The molecule has 1 atom stereocenters. The van der Waals surface area contributed by atoms with Crippen molar-refractivity contribution in [2.75, 3.05) is 13.2 Å². The summed E-state index contributed by atoms with van der Waals surface area (Å²) in [5.41, 5.74) is 0. The summed E-state index contributed by atoms with van der Waals surface area (Å²) < 4.78 is 4.91. The number of hydrogen-bond acceptors (Lipinski definition) is 3. The van der Waals surface area contributed by atoms with Crippen molar-refractivity contribution in [3.63, 3.8) is 0 Å². The number of unbranched alkanes of at least 4 members (excludes halogenated alkanes) is 1. The summed E-state index contributed by atoms with van der Waals surface area (Å²) in [4.78, 5) is 23.1. The van der Waals surface area contributed by atoms with E-state index in [9.17, 15) is 9.59 Å². The minimum absolute atomic E-state index is 0.00553. The summed E-state index contributed by atoms with van der Waals surface area (Å²) in [6, 6.07) is -0.901. The fourth-order valence-electron chi connectivity index (χ4n) is 1.30. The zero-order valence-electron chi connectivity index (χ0n) is 11.2. The maximum absolute atomic E-state index is 11.6. The molecule has 5 heteroatoms. The number of amides is 2. The van der Waals surface area contributed by atoms with Crippen molar-refractivity contribution in [2.45, 2.75) is 46.6 Å². The molecule has 0 aromatic carbocycles. The lowest BCUT2D eigenvalue weighted by Gasteiger charge is -2.20. The van der Waals surface area contributed by atoms with E-state index in [4.69, 9.17) is 4.74 Å². The highest BCUT2D eigenvalue weighted by molar-refractivity contribution is 5.83. The molecule has 0 aliphatic heterocycles. The summed E-state index contributed by atoms with van der Waals surface area (Å²) in [7, 11) is 0. The van der Waals surface area contributed by atoms with Crippen molar-refractivity contribution in [1.82, 2.24) is 10.6 Å². The predicted molar refractivity (Wildman–Crippen MR) is 66.7 cm³/mol. The molecule has 2 amide bonds. The van der Waals surface area contributed by atoms with Gasteiger partial charge in [0.05, 0.1) is 6.61 Å². The Morgan fingerprint density at radius 2 is 1.88 bits per heavy atom. The molecule has 0 spiro atoms. The Bertz CT molecular complexity index is 242. The molecule has 0 saturated heterocycles. The molecule has 5 nitrogen and oxygen atoms in total. The van der Waals surface area contributed by atoms with E-state index < -0.39 is 6.04 Å². The highest BCUT2D eigenvalue weighted by Crippen LogP contribution is 2.03. The van der Waals surface area contributed by atoms with Gasteiger partial charge in [0.15, 0.2) is 0 Å². The first kappa shape index (κ1) is 15.7. The van der Waals surface area contributed by atoms with Crippen molar-refractivity contribution < 1.29 is 14.3 Å². The standard InChI is InChI=1S/C12H24N2O3/c1-5-7-8-13-12(16)14-10(9(3)4)11(15)17-6-2/h9-10H,5-8H2,1-4H3,(H2,13,14,16). The summed E-state index contributed by atoms with van der Waals surface area (Å²) in [5.74, 6) is -0.376. The van der Waals surface area contributed by atoms with Crippen LogP contribution < -0.4 is 10.6 Å². The molecule has 0 aliphatic rings. The van der Waals surface area contributed by atoms with Gasteiger partial charge in [-0.1, -0.05) is 27.2 Å². The molecule has 1 unspecified atom stereocenters. The molecule has 0 aromatic heterocycles. The van der Waals surface area contributed by atoms with Gasteiger partial charge in [-0.3, -0.25) is 0 Å². The predicted octanol–water partition coefficient (Wildman–Crippen LogP) is 1.67. The molecular weight excluding hydrogens is 220 g/mol. The average Bonchev–Trinajstić information content (AvgIpc) is 2.26. The van der Waals surface area contributed by atoms with Crippen LogP contribution in [-0.4, -0.2) is 31.2 Å². The largest absolute Gasteiger partial charge is 0.464 e. The number of carbonyl (C=O) groups excluding carboxylic acids is 2. The van der Waals surface area contributed by atoms with Gasteiger partial charge in [-0.05, 0) is 19.3 Å². The van der Waals surface area contributed by atoms with Crippen molar-refractivity contribution >= 4 is 12.0 Å². The maximum Gasteiger partial charge on any atom is 0.328 e. The first-order valence-corrected chi connectivity index (χ1v) is 6.23. The number of ether oxygens (including phenoxy) is 1. The molecule has 0 aliphatic carbocycles. The van der Waals surface area contributed by atoms with Crippen LogP contribution in [-0.2, 0) is 9.53 Å². The van der Waals surface area contributed by atoms with E-state index in [1.165, 1.54) is 0 Å². The number of esters is 1. The number of nitrogens with one attached hydrogen (secondary N) is 2. The Kier molecular flexibility index (Phi) is 8.19. The van der Waals surface area contributed by atoms with Crippen LogP contribution in [0.1, 0.15) is 40.5 Å². The zero-order valence-corrected chi connectivity index (χ0v) is 11.2. The molecule has 0 heterocycles. The highest BCUT2D eigenvalue weighted by atomic mass is 16.5. The van der Waals surface area contributed by atoms with Gasteiger partial charge in [-0.25, -0.2) is 9.59 Å². The zero-order chi connectivity index (χ0) is 13.3. The van der Waals surface area contributed by atoms with Crippen LogP contribution in [0, 0.1) is 5.92 Å². The van der Waals surface area contributed by atoms with Gasteiger partial charge in [-0.2, -0.15) is 0 Å². The van der Waals surface area contributed by atoms with Gasteiger partial charge in [0.2, 0.25) is 0 Å². The van der Waals surface area contributed by atoms with Crippen molar-refractivity contribution in [2.24, 2.45) is 5.92 Å². The highest BCUT2D eigenvalue weighted by Gasteiger charge is 2.24. The Balaban J connectivity index is 4.15. The third-order valence-electron chi connectivity index (χ3n) is 2.31. The summed E-state index contributed by atoms with van der Waals surface area (Å²) >= 11 is 0. The van der Waals surface area contributed by atoms with Gasteiger partial charge < -0.3 is 15.4 Å². The van der Waals surface area contributed by atoms with Gasteiger partial charge in [0, 0.05) is 6.54 Å². The second-order valence-corrected chi connectivity index (χ2v) is 4.23. The van der Waals surface area contributed by atoms with Crippen molar-refractivity contribution in [3.05, 3.63) is 0 Å². The molecule has 0 fully saturated rings. The van der Waals surface area contributed by atoms with Crippen molar-refractivity contribution in [3.8, 4) is 0 Å². The van der Waals surface area contributed by atoms with Gasteiger partial charge in [0.1, 0.15) is 6.04 Å². The second kappa shape index (κ2) is 8.84. The molecule has 17 heavy (non-hydrogen) atoms. The molecule has 0 saturated carbocycles. The molecule has 0 radical (unpaired) electrons. The molecular formula is C12H24N2O3. The van der Waals surface area contributed by atoms with E-state index in [1.807, 2.05) is 13.8 Å². The lowest BCUT2D eigenvalue weighted by atomic mass is 10.1. The van der Waals surface area contributed by atoms with Gasteiger partial charge in [0.25, 0.3) is 0 Å². The maximum atomic E-state index is 11.6. The lowest BCUT2D eigenvalue weighted by molar-refractivity contribution is -0.146. The summed E-state index contributed by atoms with van der Waals surface area (Å²) in [6.45, 7) is 8.48. The van der Waals surface area contributed by atoms with Crippen LogP contribution >= 0.6 is 0 Å². The summed E-state index contributed by atoms with van der Waals surface area (Å²) in [6.07, 6.45) is 1.95. The van der Waals surface area contributed by atoms with E-state index in [0.717, 1.165) is 12.8 Å². The van der Waals surface area contributed by atoms with Crippen LogP contribution in [0.15, 0.2) is 0 Å². The Labute approximate surface area is 103 Å². The third kappa shape index (κ3) is 6.81. The first-order valence-electron chi connectivity index (χ1n) is 6.23. The smallest absolute Gasteiger partial charge is 0.328 e. The minimum atomic E-state index is -0.587. The van der Waals surface area contributed by atoms with Crippen LogP contribution in [0.3, 0.4) is 0 Å². The molecule has 0 rings (SSSR count). The van der Waals surface area contributed by atoms with Gasteiger partial charge >= 0.3 is 12.0 Å². The van der Waals surface area contributed by atoms with E-state index in [0.29, 0.717) is 13.2 Å². The SMILES string of the molecule is CCCCNC(=O)NC(C(=O)OCC)C(C)C.